The topological polar surface area (TPSA) is 64.9 Å². The molecule has 0 saturated carbocycles. The number of nitrogens with zero attached hydrogens (tertiary/aromatic N) is 4. The molecule has 2 aromatic heterocycles. The number of halogens is 1. The van der Waals surface area contributed by atoms with Crippen molar-refractivity contribution in [2.45, 2.75) is 0 Å². The minimum Gasteiger partial charge on any atom is -0.383 e. The summed E-state index contributed by atoms with van der Waals surface area (Å²) in [5, 5.41) is 4.25. The Kier molecular flexibility index (Phi) is 4.12. The molecule has 0 aliphatic heterocycles. The van der Waals surface area contributed by atoms with E-state index in [9.17, 15) is 0 Å². The molecule has 3 aromatic rings. The van der Waals surface area contributed by atoms with Crippen LogP contribution in [-0.2, 0) is 4.74 Å². The van der Waals surface area contributed by atoms with Gasteiger partial charge in [0.2, 0.25) is 5.95 Å². The van der Waals surface area contributed by atoms with Crippen molar-refractivity contribution in [3.8, 4) is 5.95 Å². The summed E-state index contributed by atoms with van der Waals surface area (Å²) in [6.07, 6.45) is 5.20. The predicted molar refractivity (Wildman–Crippen MR) is 84.7 cm³/mol. The molecular formula is C14H14BrN5O. The first-order valence-corrected chi connectivity index (χ1v) is 7.25. The molecule has 0 amide bonds. The second kappa shape index (κ2) is 6.19. The average Bonchev–Trinajstić information content (AvgIpc) is 3.02. The van der Waals surface area contributed by atoms with Crippen LogP contribution in [-0.4, -0.2) is 39.8 Å². The second-order valence-corrected chi connectivity index (χ2v) is 5.34. The van der Waals surface area contributed by atoms with Gasteiger partial charge in [0, 0.05) is 35.9 Å². The zero-order chi connectivity index (χ0) is 14.7. The molecule has 0 spiro atoms. The Morgan fingerprint density at radius 1 is 1.33 bits per heavy atom. The van der Waals surface area contributed by atoms with E-state index in [-0.39, 0.29) is 0 Å². The SMILES string of the molecule is COCCNc1nc(-n2ccnc2)nc2ccc(Br)cc12. The minimum absolute atomic E-state index is 0.585. The van der Waals surface area contributed by atoms with Crippen molar-refractivity contribution in [3.05, 3.63) is 41.4 Å². The minimum atomic E-state index is 0.585. The van der Waals surface area contributed by atoms with Crippen LogP contribution < -0.4 is 5.32 Å². The van der Waals surface area contributed by atoms with E-state index in [0.29, 0.717) is 19.1 Å². The number of aromatic nitrogens is 4. The van der Waals surface area contributed by atoms with Gasteiger partial charge in [0.05, 0.1) is 12.1 Å². The molecule has 0 aliphatic rings. The van der Waals surface area contributed by atoms with Gasteiger partial charge in [0.1, 0.15) is 12.1 Å². The molecule has 0 unspecified atom stereocenters. The van der Waals surface area contributed by atoms with Crippen molar-refractivity contribution in [2.24, 2.45) is 0 Å². The van der Waals surface area contributed by atoms with E-state index in [0.717, 1.165) is 21.2 Å². The van der Waals surface area contributed by atoms with Crippen LogP contribution in [0.2, 0.25) is 0 Å². The van der Waals surface area contributed by atoms with Crippen molar-refractivity contribution in [1.82, 2.24) is 19.5 Å². The maximum absolute atomic E-state index is 5.07. The third-order valence-corrected chi connectivity index (χ3v) is 3.47. The number of fused-ring (bicyclic) bond motifs is 1. The summed E-state index contributed by atoms with van der Waals surface area (Å²) in [5.41, 5.74) is 0.872. The molecule has 2 heterocycles. The average molecular weight is 348 g/mol. The molecule has 7 heteroatoms. The lowest BCUT2D eigenvalue weighted by molar-refractivity contribution is 0.210. The van der Waals surface area contributed by atoms with Gasteiger partial charge in [-0.25, -0.2) is 9.97 Å². The molecular weight excluding hydrogens is 334 g/mol. The maximum Gasteiger partial charge on any atom is 0.237 e. The second-order valence-electron chi connectivity index (χ2n) is 4.42. The van der Waals surface area contributed by atoms with E-state index in [1.807, 2.05) is 24.4 Å². The van der Waals surface area contributed by atoms with Crippen LogP contribution in [0.5, 0.6) is 0 Å². The summed E-state index contributed by atoms with van der Waals surface area (Å²) in [6, 6.07) is 5.93. The number of benzene rings is 1. The molecule has 0 atom stereocenters. The molecule has 108 valence electrons. The first-order valence-electron chi connectivity index (χ1n) is 6.46. The number of rotatable bonds is 5. The van der Waals surface area contributed by atoms with Crippen LogP contribution in [0.3, 0.4) is 0 Å². The summed E-state index contributed by atoms with van der Waals surface area (Å²) in [5.74, 6) is 1.37. The number of ether oxygens (including phenoxy) is 1. The highest BCUT2D eigenvalue weighted by molar-refractivity contribution is 9.10. The summed E-state index contributed by atoms with van der Waals surface area (Å²) < 4.78 is 7.84. The Labute approximate surface area is 130 Å². The molecule has 0 fully saturated rings. The lowest BCUT2D eigenvalue weighted by Crippen LogP contribution is -2.11. The molecule has 6 nitrogen and oxygen atoms in total. The Balaban J connectivity index is 2.09. The lowest BCUT2D eigenvalue weighted by Gasteiger charge is -2.11. The van der Waals surface area contributed by atoms with E-state index < -0.39 is 0 Å². The third-order valence-electron chi connectivity index (χ3n) is 2.98. The number of anilines is 1. The van der Waals surface area contributed by atoms with Gasteiger partial charge < -0.3 is 10.1 Å². The number of nitrogens with one attached hydrogen (secondary N) is 1. The number of imidazole rings is 1. The fourth-order valence-corrected chi connectivity index (χ4v) is 2.35. The van der Waals surface area contributed by atoms with Crippen LogP contribution in [0, 0.1) is 0 Å². The number of methoxy groups -OCH3 is 1. The Morgan fingerprint density at radius 3 is 3.00 bits per heavy atom. The highest BCUT2D eigenvalue weighted by Gasteiger charge is 2.09. The largest absolute Gasteiger partial charge is 0.383 e. The fraction of sp³-hybridized carbons (Fsp3) is 0.214. The number of hydrogen-bond acceptors (Lipinski definition) is 5. The summed E-state index contributed by atoms with van der Waals surface area (Å²) >= 11 is 3.48. The fourth-order valence-electron chi connectivity index (χ4n) is 1.99. The van der Waals surface area contributed by atoms with E-state index in [1.165, 1.54) is 0 Å². The first-order chi connectivity index (χ1) is 10.3. The molecule has 1 aromatic carbocycles. The highest BCUT2D eigenvalue weighted by Crippen LogP contribution is 2.25. The Bertz CT molecular complexity index is 744. The van der Waals surface area contributed by atoms with E-state index in [2.05, 4.69) is 36.2 Å². The van der Waals surface area contributed by atoms with Gasteiger partial charge in [0.15, 0.2) is 0 Å². The summed E-state index contributed by atoms with van der Waals surface area (Å²) in [4.78, 5) is 13.2. The van der Waals surface area contributed by atoms with Crippen molar-refractivity contribution < 1.29 is 4.74 Å². The third kappa shape index (κ3) is 3.03. The predicted octanol–water partition coefficient (Wildman–Crippen LogP) is 2.64. The summed E-state index contributed by atoms with van der Waals surface area (Å²) in [6.45, 7) is 1.29. The normalized spacial score (nSPS) is 11.0. The van der Waals surface area contributed by atoms with Gasteiger partial charge in [-0.15, -0.1) is 0 Å². The number of hydrogen-bond donors (Lipinski definition) is 1. The van der Waals surface area contributed by atoms with Crippen molar-refractivity contribution in [1.29, 1.82) is 0 Å². The van der Waals surface area contributed by atoms with Gasteiger partial charge >= 0.3 is 0 Å². The molecule has 0 saturated heterocycles. The lowest BCUT2D eigenvalue weighted by atomic mass is 10.2. The molecule has 3 rings (SSSR count). The van der Waals surface area contributed by atoms with Crippen LogP contribution in [0.1, 0.15) is 0 Å². The summed E-state index contributed by atoms with van der Waals surface area (Å²) in [7, 11) is 1.67. The zero-order valence-corrected chi connectivity index (χ0v) is 13.0. The van der Waals surface area contributed by atoms with Gasteiger partial charge in [-0.2, -0.15) is 4.98 Å². The standard InChI is InChI=1S/C14H14BrN5O/c1-21-7-5-17-13-11-8-10(15)2-3-12(11)18-14(19-13)20-6-4-16-9-20/h2-4,6,8-9H,5,7H2,1H3,(H,17,18,19). The van der Waals surface area contributed by atoms with Crippen molar-refractivity contribution >= 4 is 32.7 Å². The molecule has 0 aliphatic carbocycles. The molecule has 0 bridgehead atoms. The van der Waals surface area contributed by atoms with Gasteiger partial charge in [-0.1, -0.05) is 15.9 Å². The van der Waals surface area contributed by atoms with Crippen molar-refractivity contribution in [3.63, 3.8) is 0 Å². The van der Waals surface area contributed by atoms with Crippen LogP contribution in [0.4, 0.5) is 5.82 Å². The van der Waals surface area contributed by atoms with E-state index in [4.69, 9.17) is 4.74 Å². The first kappa shape index (κ1) is 14.0. The van der Waals surface area contributed by atoms with Gasteiger partial charge in [0.25, 0.3) is 0 Å². The maximum atomic E-state index is 5.07. The zero-order valence-electron chi connectivity index (χ0n) is 11.5. The smallest absolute Gasteiger partial charge is 0.237 e. The van der Waals surface area contributed by atoms with Crippen LogP contribution in [0.15, 0.2) is 41.4 Å². The van der Waals surface area contributed by atoms with Crippen LogP contribution >= 0.6 is 15.9 Å². The molecule has 1 N–H and O–H groups in total. The Morgan fingerprint density at radius 2 is 2.24 bits per heavy atom. The Hall–Kier alpha value is -1.99. The highest BCUT2D eigenvalue weighted by atomic mass is 79.9. The van der Waals surface area contributed by atoms with Gasteiger partial charge in [-0.05, 0) is 18.2 Å². The molecule has 21 heavy (non-hydrogen) atoms. The quantitative estimate of drug-likeness (QED) is 0.718. The molecule has 0 radical (unpaired) electrons. The van der Waals surface area contributed by atoms with E-state index >= 15 is 0 Å². The van der Waals surface area contributed by atoms with Crippen LogP contribution in [0.25, 0.3) is 16.9 Å². The monoisotopic (exact) mass is 347 g/mol. The van der Waals surface area contributed by atoms with E-state index in [1.54, 1.807) is 24.2 Å². The van der Waals surface area contributed by atoms with Crippen molar-refractivity contribution in [2.75, 3.05) is 25.6 Å². The van der Waals surface area contributed by atoms with Gasteiger partial charge in [-0.3, -0.25) is 4.57 Å².